The lowest BCUT2D eigenvalue weighted by atomic mass is 9.92. The lowest BCUT2D eigenvalue weighted by molar-refractivity contribution is -0.151. The van der Waals surface area contributed by atoms with E-state index in [4.69, 9.17) is 0 Å². The van der Waals surface area contributed by atoms with Crippen molar-refractivity contribution in [2.45, 2.75) is 31.6 Å². The predicted molar refractivity (Wildman–Crippen MR) is 41.3 cm³/mol. The summed E-state index contributed by atoms with van der Waals surface area (Å²) < 4.78 is 48.8. The second kappa shape index (κ2) is 4.14. The number of piperidine rings is 1. The summed E-state index contributed by atoms with van der Waals surface area (Å²) in [6.45, 7) is 0.440. The van der Waals surface area contributed by atoms with Crippen LogP contribution in [0.15, 0.2) is 0 Å². The molecule has 0 bridgehead atoms. The Morgan fingerprint density at radius 1 is 1.50 bits per heavy atom. The number of carbonyl (C=O) groups excluding carboxylic acids is 1. The number of nitrogens with one attached hydrogen (secondary N) is 1. The molecule has 1 fully saturated rings. The molecule has 1 aliphatic heterocycles. The lowest BCUT2D eigenvalue weighted by Gasteiger charge is -2.25. The molecular formula is C8H11F4NO. The quantitative estimate of drug-likeness (QED) is 0.711. The summed E-state index contributed by atoms with van der Waals surface area (Å²) in [4.78, 5) is 11.0. The molecule has 82 valence electrons. The zero-order chi connectivity index (χ0) is 10.8. The van der Waals surface area contributed by atoms with Crippen LogP contribution in [0.5, 0.6) is 0 Å². The highest BCUT2D eigenvalue weighted by atomic mass is 19.3. The van der Waals surface area contributed by atoms with Crippen molar-refractivity contribution in [3.8, 4) is 0 Å². The van der Waals surface area contributed by atoms with Gasteiger partial charge < -0.3 is 5.32 Å². The molecule has 1 amide bonds. The van der Waals surface area contributed by atoms with E-state index in [9.17, 15) is 22.4 Å². The average Bonchev–Trinajstić information content (AvgIpc) is 2.08. The molecule has 1 rings (SSSR count). The van der Waals surface area contributed by atoms with Gasteiger partial charge in [0, 0.05) is 18.9 Å². The zero-order valence-corrected chi connectivity index (χ0v) is 7.40. The number of hydrogen-bond donors (Lipinski definition) is 1. The molecule has 0 saturated carbocycles. The van der Waals surface area contributed by atoms with Crippen LogP contribution in [0, 0.1) is 5.92 Å². The molecule has 2 nitrogen and oxygen atoms in total. The fourth-order valence-electron chi connectivity index (χ4n) is 1.45. The van der Waals surface area contributed by atoms with Crippen LogP contribution < -0.4 is 5.32 Å². The van der Waals surface area contributed by atoms with Gasteiger partial charge in [-0.2, -0.15) is 0 Å². The highest BCUT2D eigenvalue weighted by Crippen LogP contribution is 2.32. The Hall–Kier alpha value is -0.810. The van der Waals surface area contributed by atoms with Gasteiger partial charge in [-0.1, -0.05) is 0 Å². The zero-order valence-electron chi connectivity index (χ0n) is 7.40. The third-order valence-electron chi connectivity index (χ3n) is 2.24. The molecule has 0 radical (unpaired) electrons. The van der Waals surface area contributed by atoms with E-state index in [0.717, 1.165) is 0 Å². The molecule has 1 unspecified atom stereocenters. The van der Waals surface area contributed by atoms with Crippen molar-refractivity contribution in [3.05, 3.63) is 0 Å². The van der Waals surface area contributed by atoms with Crippen molar-refractivity contribution < 1.29 is 22.4 Å². The van der Waals surface area contributed by atoms with Gasteiger partial charge >= 0.3 is 12.3 Å². The molecule has 1 aliphatic rings. The van der Waals surface area contributed by atoms with E-state index in [-0.39, 0.29) is 6.42 Å². The Morgan fingerprint density at radius 2 is 2.14 bits per heavy atom. The van der Waals surface area contributed by atoms with Crippen LogP contribution in [-0.4, -0.2) is 24.8 Å². The molecule has 1 heterocycles. The Morgan fingerprint density at radius 3 is 2.64 bits per heavy atom. The Balaban J connectivity index is 2.53. The van der Waals surface area contributed by atoms with E-state index in [1.165, 1.54) is 0 Å². The van der Waals surface area contributed by atoms with Gasteiger partial charge in [-0.3, -0.25) is 4.79 Å². The van der Waals surface area contributed by atoms with E-state index in [0.29, 0.717) is 13.0 Å². The topological polar surface area (TPSA) is 29.1 Å². The second-order valence-corrected chi connectivity index (χ2v) is 3.40. The first-order valence-electron chi connectivity index (χ1n) is 4.37. The van der Waals surface area contributed by atoms with Crippen LogP contribution in [0.1, 0.15) is 19.3 Å². The molecular weight excluding hydrogens is 202 g/mol. The number of alkyl halides is 4. The van der Waals surface area contributed by atoms with Crippen LogP contribution >= 0.6 is 0 Å². The minimum atomic E-state index is -4.06. The van der Waals surface area contributed by atoms with Crippen LogP contribution in [-0.2, 0) is 4.79 Å². The van der Waals surface area contributed by atoms with E-state index in [2.05, 4.69) is 5.32 Å². The Kier molecular flexibility index (Phi) is 3.34. The first-order chi connectivity index (χ1) is 6.43. The maximum Gasteiger partial charge on any atom is 0.308 e. The van der Waals surface area contributed by atoms with Crippen LogP contribution in [0.2, 0.25) is 0 Å². The highest BCUT2D eigenvalue weighted by Gasteiger charge is 2.44. The lowest BCUT2D eigenvalue weighted by Crippen LogP contribution is -2.41. The molecule has 1 saturated heterocycles. The number of rotatable bonds is 3. The molecule has 6 heteroatoms. The Bertz CT molecular complexity index is 219. The van der Waals surface area contributed by atoms with Gasteiger partial charge in [-0.25, -0.2) is 17.6 Å². The molecule has 0 spiro atoms. The number of amides is 1. The van der Waals surface area contributed by atoms with E-state index in [1.54, 1.807) is 0 Å². The molecule has 0 aliphatic carbocycles. The van der Waals surface area contributed by atoms with Crippen molar-refractivity contribution in [3.63, 3.8) is 0 Å². The van der Waals surface area contributed by atoms with Crippen molar-refractivity contribution in [1.82, 2.24) is 5.32 Å². The van der Waals surface area contributed by atoms with E-state index < -0.39 is 30.6 Å². The summed E-state index contributed by atoms with van der Waals surface area (Å²) in [7, 11) is 0. The van der Waals surface area contributed by atoms with Crippen molar-refractivity contribution in [2.24, 2.45) is 5.92 Å². The van der Waals surface area contributed by atoms with Crippen molar-refractivity contribution >= 4 is 5.91 Å². The molecule has 0 aromatic heterocycles. The summed E-state index contributed by atoms with van der Waals surface area (Å²) in [6, 6.07) is 0. The molecule has 1 atom stereocenters. The molecule has 14 heavy (non-hydrogen) atoms. The second-order valence-electron chi connectivity index (χ2n) is 3.40. The van der Waals surface area contributed by atoms with Crippen molar-refractivity contribution in [2.75, 3.05) is 6.54 Å². The first-order valence-corrected chi connectivity index (χ1v) is 4.37. The minimum Gasteiger partial charge on any atom is -0.356 e. The third-order valence-corrected chi connectivity index (χ3v) is 2.24. The van der Waals surface area contributed by atoms with Crippen molar-refractivity contribution in [1.29, 1.82) is 0 Å². The summed E-state index contributed by atoms with van der Waals surface area (Å²) >= 11 is 0. The smallest absolute Gasteiger partial charge is 0.308 e. The predicted octanol–water partition coefficient (Wildman–Crippen LogP) is 1.80. The standard InChI is InChI=1S/C8H11F4NO/c9-7(10)8(11,12)4-5-2-1-3-13-6(5)14/h5,7H,1-4H2,(H,13,14). The summed E-state index contributed by atoms with van der Waals surface area (Å²) in [5.74, 6) is -5.58. The Labute approximate surface area is 78.7 Å². The SMILES string of the molecule is O=C1NCCCC1CC(F)(F)C(F)F. The van der Waals surface area contributed by atoms with Gasteiger partial charge in [0.25, 0.3) is 0 Å². The first kappa shape index (κ1) is 11.3. The van der Waals surface area contributed by atoms with Gasteiger partial charge in [0.1, 0.15) is 0 Å². The number of hydrogen-bond acceptors (Lipinski definition) is 1. The monoisotopic (exact) mass is 213 g/mol. The number of halogens is 4. The van der Waals surface area contributed by atoms with Crippen LogP contribution in [0.4, 0.5) is 17.6 Å². The van der Waals surface area contributed by atoms with Gasteiger partial charge in [0.15, 0.2) is 0 Å². The fourth-order valence-corrected chi connectivity index (χ4v) is 1.45. The maximum atomic E-state index is 12.6. The molecule has 1 N–H and O–H groups in total. The average molecular weight is 213 g/mol. The number of carbonyl (C=O) groups is 1. The molecule has 0 aromatic rings. The molecule has 0 aromatic carbocycles. The normalized spacial score (nSPS) is 23.8. The largest absolute Gasteiger partial charge is 0.356 e. The van der Waals surface area contributed by atoms with Gasteiger partial charge in [0.05, 0.1) is 0 Å². The van der Waals surface area contributed by atoms with E-state index in [1.807, 2.05) is 0 Å². The third kappa shape index (κ3) is 2.59. The summed E-state index contributed by atoms with van der Waals surface area (Å²) in [5, 5.41) is 2.38. The highest BCUT2D eigenvalue weighted by molar-refractivity contribution is 5.79. The van der Waals surface area contributed by atoms with Gasteiger partial charge in [-0.15, -0.1) is 0 Å². The minimum absolute atomic E-state index is 0.258. The van der Waals surface area contributed by atoms with E-state index >= 15 is 0 Å². The summed E-state index contributed by atoms with van der Waals surface area (Å²) in [6.07, 6.45) is -3.93. The van der Waals surface area contributed by atoms with Crippen LogP contribution in [0.25, 0.3) is 0 Å². The van der Waals surface area contributed by atoms with Gasteiger partial charge in [-0.05, 0) is 12.8 Å². The maximum absolute atomic E-state index is 12.6. The summed E-state index contributed by atoms with van der Waals surface area (Å²) in [5.41, 5.74) is 0. The van der Waals surface area contributed by atoms with Gasteiger partial charge in [0.2, 0.25) is 5.91 Å². The fraction of sp³-hybridized carbons (Fsp3) is 0.875. The van der Waals surface area contributed by atoms with Crippen LogP contribution in [0.3, 0.4) is 0 Å².